The molecular formula is C15H30N2S. The topological polar surface area (TPSA) is 29.3 Å². The van der Waals surface area contributed by atoms with Gasteiger partial charge in [-0.1, -0.05) is 19.3 Å². The molecule has 1 atom stereocenters. The first-order valence-corrected chi connectivity index (χ1v) is 9.10. The average molecular weight is 270 g/mol. The summed E-state index contributed by atoms with van der Waals surface area (Å²) in [5.74, 6) is 1.21. The number of thioether (sulfide) groups is 1. The number of nitrogens with zero attached hydrogens (tertiary/aromatic N) is 1. The zero-order chi connectivity index (χ0) is 12.8. The molecule has 0 aromatic rings. The van der Waals surface area contributed by atoms with Gasteiger partial charge >= 0.3 is 0 Å². The van der Waals surface area contributed by atoms with Crippen LogP contribution in [0.3, 0.4) is 0 Å². The second kappa shape index (κ2) is 7.16. The molecule has 1 saturated carbocycles. The standard InChI is InChI=1S/C15H30N2S/c1-18-12-5-14(16)13-17-10-8-15(9-11-17)6-3-2-4-7-15/h14H,2-13,16H2,1H3/t14-/m0/s1. The van der Waals surface area contributed by atoms with E-state index in [1.54, 1.807) is 0 Å². The normalized spacial score (nSPS) is 26.3. The van der Waals surface area contributed by atoms with Crippen molar-refractivity contribution < 1.29 is 0 Å². The van der Waals surface area contributed by atoms with Gasteiger partial charge in [-0.05, 0) is 62.6 Å². The van der Waals surface area contributed by atoms with E-state index in [-0.39, 0.29) is 0 Å². The predicted molar refractivity (Wildman–Crippen MR) is 82.2 cm³/mol. The highest BCUT2D eigenvalue weighted by molar-refractivity contribution is 7.98. The third kappa shape index (κ3) is 4.14. The van der Waals surface area contributed by atoms with E-state index in [0.29, 0.717) is 6.04 Å². The molecular weight excluding hydrogens is 240 g/mol. The number of rotatable bonds is 5. The summed E-state index contributed by atoms with van der Waals surface area (Å²) >= 11 is 1.91. The SMILES string of the molecule is CSCC[C@H](N)CN1CCC2(CCCCC2)CC1. The van der Waals surface area contributed by atoms with Gasteiger partial charge in [0.05, 0.1) is 0 Å². The summed E-state index contributed by atoms with van der Waals surface area (Å²) in [7, 11) is 0. The second-order valence-corrected chi connectivity index (χ2v) is 7.39. The highest BCUT2D eigenvalue weighted by atomic mass is 32.2. The molecule has 2 N–H and O–H groups in total. The zero-order valence-electron chi connectivity index (χ0n) is 12.0. The maximum atomic E-state index is 6.21. The maximum Gasteiger partial charge on any atom is 0.0175 e. The minimum Gasteiger partial charge on any atom is -0.327 e. The van der Waals surface area contributed by atoms with Crippen molar-refractivity contribution in [2.45, 2.75) is 57.4 Å². The van der Waals surface area contributed by atoms with Gasteiger partial charge in [-0.15, -0.1) is 0 Å². The van der Waals surface area contributed by atoms with Crippen LogP contribution >= 0.6 is 11.8 Å². The molecule has 2 fully saturated rings. The molecule has 2 rings (SSSR count). The first-order valence-electron chi connectivity index (χ1n) is 7.71. The molecule has 1 aliphatic carbocycles. The van der Waals surface area contributed by atoms with Gasteiger partial charge in [-0.3, -0.25) is 0 Å². The first-order chi connectivity index (χ1) is 8.74. The van der Waals surface area contributed by atoms with E-state index in [1.807, 2.05) is 11.8 Å². The zero-order valence-corrected chi connectivity index (χ0v) is 12.8. The van der Waals surface area contributed by atoms with Crippen LogP contribution in [0.25, 0.3) is 0 Å². The van der Waals surface area contributed by atoms with Gasteiger partial charge in [0.2, 0.25) is 0 Å². The van der Waals surface area contributed by atoms with Crippen molar-refractivity contribution >= 4 is 11.8 Å². The Bertz CT molecular complexity index is 229. The molecule has 1 aliphatic heterocycles. The van der Waals surface area contributed by atoms with Crippen LogP contribution in [0.1, 0.15) is 51.4 Å². The quantitative estimate of drug-likeness (QED) is 0.832. The molecule has 1 spiro atoms. The molecule has 18 heavy (non-hydrogen) atoms. The fourth-order valence-electron chi connectivity index (χ4n) is 3.70. The molecule has 0 unspecified atom stereocenters. The van der Waals surface area contributed by atoms with Crippen LogP contribution in [0.5, 0.6) is 0 Å². The summed E-state index contributed by atoms with van der Waals surface area (Å²) in [6.07, 6.45) is 13.6. The third-order valence-corrected chi connectivity index (χ3v) is 5.66. The van der Waals surface area contributed by atoms with Crippen molar-refractivity contribution in [1.82, 2.24) is 4.90 Å². The number of nitrogens with two attached hydrogens (primary N) is 1. The molecule has 3 heteroatoms. The Balaban J connectivity index is 1.69. The summed E-state index contributed by atoms with van der Waals surface area (Å²) in [5, 5.41) is 0. The van der Waals surface area contributed by atoms with E-state index in [4.69, 9.17) is 5.73 Å². The van der Waals surface area contributed by atoms with E-state index >= 15 is 0 Å². The minimum absolute atomic E-state index is 0.387. The fourth-order valence-corrected chi connectivity index (χ4v) is 4.24. The number of hydrogen-bond acceptors (Lipinski definition) is 3. The Kier molecular flexibility index (Phi) is 5.84. The Morgan fingerprint density at radius 2 is 1.78 bits per heavy atom. The molecule has 106 valence electrons. The molecule has 0 bridgehead atoms. The monoisotopic (exact) mass is 270 g/mol. The van der Waals surface area contributed by atoms with Gasteiger partial charge in [-0.25, -0.2) is 0 Å². The van der Waals surface area contributed by atoms with Crippen LogP contribution in [0.15, 0.2) is 0 Å². The van der Waals surface area contributed by atoms with E-state index in [1.165, 1.54) is 70.2 Å². The van der Waals surface area contributed by atoms with Gasteiger partial charge in [0, 0.05) is 12.6 Å². The summed E-state index contributed by atoms with van der Waals surface area (Å²) in [5.41, 5.74) is 6.94. The van der Waals surface area contributed by atoms with Gasteiger partial charge < -0.3 is 10.6 Å². The van der Waals surface area contributed by atoms with Crippen LogP contribution in [-0.4, -0.2) is 42.6 Å². The molecule has 0 aromatic carbocycles. The van der Waals surface area contributed by atoms with Crippen molar-refractivity contribution in [3.8, 4) is 0 Å². The summed E-state index contributed by atoms with van der Waals surface area (Å²) in [4.78, 5) is 2.62. The van der Waals surface area contributed by atoms with Crippen molar-refractivity contribution in [1.29, 1.82) is 0 Å². The first kappa shape index (κ1) is 14.7. The smallest absolute Gasteiger partial charge is 0.0175 e. The van der Waals surface area contributed by atoms with E-state index in [9.17, 15) is 0 Å². The van der Waals surface area contributed by atoms with Crippen molar-refractivity contribution in [2.75, 3.05) is 31.6 Å². The number of piperidine rings is 1. The Labute approximate surface area is 117 Å². The lowest BCUT2D eigenvalue weighted by Crippen LogP contribution is -2.45. The Morgan fingerprint density at radius 3 is 2.39 bits per heavy atom. The van der Waals surface area contributed by atoms with Gasteiger partial charge in [0.1, 0.15) is 0 Å². The van der Waals surface area contributed by atoms with E-state index < -0.39 is 0 Å². The highest BCUT2D eigenvalue weighted by Gasteiger charge is 2.35. The number of hydrogen-bond donors (Lipinski definition) is 1. The van der Waals surface area contributed by atoms with Crippen LogP contribution in [0.2, 0.25) is 0 Å². The molecule has 2 nitrogen and oxygen atoms in total. The largest absolute Gasteiger partial charge is 0.327 e. The van der Waals surface area contributed by atoms with Gasteiger partial charge in [-0.2, -0.15) is 11.8 Å². The molecule has 1 heterocycles. The summed E-state index contributed by atoms with van der Waals surface area (Å²) < 4.78 is 0. The van der Waals surface area contributed by atoms with Crippen LogP contribution in [0.4, 0.5) is 0 Å². The van der Waals surface area contributed by atoms with Crippen LogP contribution in [0, 0.1) is 5.41 Å². The summed E-state index contributed by atoms with van der Waals surface area (Å²) in [6, 6.07) is 0.387. The van der Waals surface area contributed by atoms with Crippen molar-refractivity contribution in [2.24, 2.45) is 11.1 Å². The molecule has 1 saturated heterocycles. The third-order valence-electron chi connectivity index (χ3n) is 5.02. The van der Waals surface area contributed by atoms with Crippen molar-refractivity contribution in [3.63, 3.8) is 0 Å². The lowest BCUT2D eigenvalue weighted by molar-refractivity contribution is 0.0648. The molecule has 2 aliphatic rings. The second-order valence-electron chi connectivity index (χ2n) is 6.40. The lowest BCUT2D eigenvalue weighted by Gasteiger charge is -2.44. The maximum absolute atomic E-state index is 6.21. The Hall–Kier alpha value is 0.270. The average Bonchev–Trinajstić information content (AvgIpc) is 2.40. The van der Waals surface area contributed by atoms with E-state index in [0.717, 1.165) is 12.0 Å². The Morgan fingerprint density at radius 1 is 1.11 bits per heavy atom. The highest BCUT2D eigenvalue weighted by Crippen LogP contribution is 2.44. The lowest BCUT2D eigenvalue weighted by atomic mass is 9.68. The number of likely N-dealkylation sites (tertiary alicyclic amines) is 1. The fraction of sp³-hybridized carbons (Fsp3) is 1.00. The van der Waals surface area contributed by atoms with Gasteiger partial charge in [0.25, 0.3) is 0 Å². The van der Waals surface area contributed by atoms with Crippen LogP contribution < -0.4 is 5.73 Å². The van der Waals surface area contributed by atoms with Crippen LogP contribution in [-0.2, 0) is 0 Å². The van der Waals surface area contributed by atoms with E-state index in [2.05, 4.69) is 11.2 Å². The molecule has 0 radical (unpaired) electrons. The van der Waals surface area contributed by atoms with Gasteiger partial charge in [0.15, 0.2) is 0 Å². The van der Waals surface area contributed by atoms with Crippen molar-refractivity contribution in [3.05, 3.63) is 0 Å². The molecule has 0 aromatic heterocycles. The molecule has 0 amide bonds. The minimum atomic E-state index is 0.387. The summed E-state index contributed by atoms with van der Waals surface area (Å²) in [6.45, 7) is 3.72. The predicted octanol–water partition coefficient (Wildman–Crippen LogP) is 3.11.